The van der Waals surface area contributed by atoms with E-state index in [1.54, 1.807) is 0 Å². The number of nitrogens with zero attached hydrogens (tertiary/aromatic N) is 1. The van der Waals surface area contributed by atoms with Crippen molar-refractivity contribution in [3.05, 3.63) is 0 Å². The fraction of sp³-hybridized carbons (Fsp3) is 0.867. The summed E-state index contributed by atoms with van der Waals surface area (Å²) in [4.78, 5) is 12.1. The Morgan fingerprint density at radius 1 is 1.35 bits per heavy atom. The highest BCUT2D eigenvalue weighted by Crippen LogP contribution is 2.49. The molecule has 2 fully saturated rings. The minimum Gasteiger partial charge on any atom is -0.298 e. The summed E-state index contributed by atoms with van der Waals surface area (Å²) in [5.74, 6) is 2.58. The first-order chi connectivity index (χ1) is 8.10. The van der Waals surface area contributed by atoms with E-state index in [9.17, 15) is 4.79 Å². The average Bonchev–Trinajstić information content (AvgIpc) is 2.87. The van der Waals surface area contributed by atoms with Gasteiger partial charge in [-0.15, -0.1) is 0 Å². The topological polar surface area (TPSA) is 40.9 Å². The van der Waals surface area contributed by atoms with Crippen LogP contribution in [0.5, 0.6) is 0 Å². The SMILES string of the molecule is CC(C)CC(C#N)C(=O)CC1CC2CCC1C2. The van der Waals surface area contributed by atoms with Gasteiger partial charge in [0.1, 0.15) is 11.7 Å². The molecule has 0 N–H and O–H groups in total. The molecule has 2 nitrogen and oxygen atoms in total. The minimum absolute atomic E-state index is 0.207. The zero-order valence-corrected chi connectivity index (χ0v) is 11.0. The Kier molecular flexibility index (Phi) is 3.86. The standard InChI is InChI=1S/C15H23NO/c1-10(2)5-14(9-16)15(17)8-13-7-11-3-4-12(13)6-11/h10-14H,3-8H2,1-2H3. The van der Waals surface area contributed by atoms with Crippen LogP contribution in [0.3, 0.4) is 0 Å². The lowest BCUT2D eigenvalue weighted by atomic mass is 9.82. The van der Waals surface area contributed by atoms with Crippen molar-refractivity contribution in [3.8, 4) is 6.07 Å². The Balaban J connectivity index is 1.86. The molecule has 94 valence electrons. The lowest BCUT2D eigenvalue weighted by molar-refractivity contribution is -0.123. The summed E-state index contributed by atoms with van der Waals surface area (Å²) in [5.41, 5.74) is 0. The van der Waals surface area contributed by atoms with Gasteiger partial charge in [-0.25, -0.2) is 0 Å². The Labute approximate surface area is 104 Å². The maximum atomic E-state index is 12.1. The summed E-state index contributed by atoms with van der Waals surface area (Å²) < 4.78 is 0. The fourth-order valence-corrected chi connectivity index (χ4v) is 3.75. The first-order valence-corrected chi connectivity index (χ1v) is 7.02. The van der Waals surface area contributed by atoms with Crippen LogP contribution in [-0.2, 0) is 4.79 Å². The highest BCUT2D eigenvalue weighted by molar-refractivity contribution is 5.83. The predicted octanol–water partition coefficient (Wildman–Crippen LogP) is 3.57. The van der Waals surface area contributed by atoms with Crippen LogP contribution >= 0.6 is 0 Å². The Bertz CT molecular complexity index is 328. The van der Waals surface area contributed by atoms with Crippen molar-refractivity contribution in [3.63, 3.8) is 0 Å². The maximum absolute atomic E-state index is 12.1. The van der Waals surface area contributed by atoms with Gasteiger partial charge in [0.05, 0.1) is 6.07 Å². The summed E-state index contributed by atoms with van der Waals surface area (Å²) in [6.07, 6.45) is 6.70. The monoisotopic (exact) mass is 233 g/mol. The van der Waals surface area contributed by atoms with Crippen molar-refractivity contribution < 1.29 is 4.79 Å². The molecule has 2 saturated carbocycles. The molecule has 2 aliphatic carbocycles. The molecule has 0 heterocycles. The summed E-state index contributed by atoms with van der Waals surface area (Å²) in [6.45, 7) is 4.16. The number of carbonyl (C=O) groups excluding carboxylic acids is 1. The second-order valence-corrected chi connectivity index (χ2v) is 6.42. The number of carbonyl (C=O) groups is 1. The molecule has 0 radical (unpaired) electrons. The zero-order valence-electron chi connectivity index (χ0n) is 11.0. The second-order valence-electron chi connectivity index (χ2n) is 6.42. The first kappa shape index (κ1) is 12.6. The molecule has 2 rings (SSSR count). The molecular weight excluding hydrogens is 210 g/mol. The van der Waals surface area contributed by atoms with E-state index in [1.165, 1.54) is 25.7 Å². The highest BCUT2D eigenvalue weighted by Gasteiger charge is 2.40. The molecule has 2 aliphatic rings. The van der Waals surface area contributed by atoms with Crippen molar-refractivity contribution in [2.45, 2.75) is 52.4 Å². The van der Waals surface area contributed by atoms with Crippen LogP contribution in [0.15, 0.2) is 0 Å². The van der Waals surface area contributed by atoms with Gasteiger partial charge >= 0.3 is 0 Å². The number of rotatable bonds is 5. The smallest absolute Gasteiger partial charge is 0.150 e. The Morgan fingerprint density at radius 3 is 2.59 bits per heavy atom. The van der Waals surface area contributed by atoms with Gasteiger partial charge in [0.2, 0.25) is 0 Å². The van der Waals surface area contributed by atoms with Gasteiger partial charge in [0.15, 0.2) is 0 Å². The molecule has 4 atom stereocenters. The van der Waals surface area contributed by atoms with E-state index < -0.39 is 0 Å². The maximum Gasteiger partial charge on any atom is 0.150 e. The van der Waals surface area contributed by atoms with E-state index >= 15 is 0 Å². The van der Waals surface area contributed by atoms with E-state index in [0.717, 1.165) is 18.3 Å². The van der Waals surface area contributed by atoms with Crippen molar-refractivity contribution in [2.75, 3.05) is 0 Å². The molecular formula is C15H23NO. The number of nitriles is 1. The van der Waals surface area contributed by atoms with Crippen LogP contribution in [0.25, 0.3) is 0 Å². The molecule has 2 bridgehead atoms. The second kappa shape index (κ2) is 5.21. The lowest BCUT2D eigenvalue weighted by Crippen LogP contribution is -2.21. The summed E-state index contributed by atoms with van der Waals surface area (Å²) in [5, 5.41) is 9.08. The molecule has 2 heteroatoms. The van der Waals surface area contributed by atoms with Gasteiger partial charge in [0, 0.05) is 6.42 Å². The van der Waals surface area contributed by atoms with E-state index in [2.05, 4.69) is 19.9 Å². The molecule has 17 heavy (non-hydrogen) atoms. The van der Waals surface area contributed by atoms with Gasteiger partial charge in [-0.3, -0.25) is 4.79 Å². The quantitative estimate of drug-likeness (QED) is 0.728. The van der Waals surface area contributed by atoms with Crippen LogP contribution in [0, 0.1) is 40.9 Å². The molecule has 0 aromatic carbocycles. The van der Waals surface area contributed by atoms with Crippen molar-refractivity contribution in [1.82, 2.24) is 0 Å². The van der Waals surface area contributed by atoms with Crippen LogP contribution in [0.2, 0.25) is 0 Å². The number of hydrogen-bond donors (Lipinski definition) is 0. The van der Waals surface area contributed by atoms with E-state index in [1.807, 2.05) is 0 Å². The lowest BCUT2D eigenvalue weighted by Gasteiger charge is -2.22. The molecule has 0 aliphatic heterocycles. The van der Waals surface area contributed by atoms with Crippen LogP contribution in [0.1, 0.15) is 52.4 Å². The van der Waals surface area contributed by atoms with Crippen LogP contribution < -0.4 is 0 Å². The third-order valence-electron chi connectivity index (χ3n) is 4.60. The number of hydrogen-bond acceptors (Lipinski definition) is 2. The minimum atomic E-state index is -0.353. The normalized spacial score (nSPS) is 32.7. The van der Waals surface area contributed by atoms with Gasteiger partial charge in [-0.2, -0.15) is 5.26 Å². The van der Waals surface area contributed by atoms with Crippen molar-refractivity contribution in [2.24, 2.45) is 29.6 Å². The van der Waals surface area contributed by atoms with E-state index in [0.29, 0.717) is 18.3 Å². The largest absolute Gasteiger partial charge is 0.298 e. The number of fused-ring (bicyclic) bond motifs is 2. The third kappa shape index (κ3) is 2.89. The number of Topliss-reactive ketones (excluding diaryl/α,β-unsaturated/α-hetero) is 1. The van der Waals surface area contributed by atoms with Crippen molar-refractivity contribution in [1.29, 1.82) is 5.26 Å². The van der Waals surface area contributed by atoms with Crippen LogP contribution in [0.4, 0.5) is 0 Å². The summed E-state index contributed by atoms with van der Waals surface area (Å²) in [6, 6.07) is 2.20. The summed E-state index contributed by atoms with van der Waals surface area (Å²) in [7, 11) is 0. The summed E-state index contributed by atoms with van der Waals surface area (Å²) >= 11 is 0. The molecule has 0 aromatic rings. The number of ketones is 1. The molecule has 0 aromatic heterocycles. The predicted molar refractivity (Wildman–Crippen MR) is 67.1 cm³/mol. The Hall–Kier alpha value is -0.840. The zero-order chi connectivity index (χ0) is 12.4. The first-order valence-electron chi connectivity index (χ1n) is 7.02. The molecule has 0 saturated heterocycles. The molecule has 0 spiro atoms. The molecule has 4 unspecified atom stereocenters. The van der Waals surface area contributed by atoms with Crippen molar-refractivity contribution >= 4 is 5.78 Å². The average molecular weight is 233 g/mol. The third-order valence-corrected chi connectivity index (χ3v) is 4.60. The van der Waals surface area contributed by atoms with Gasteiger partial charge < -0.3 is 0 Å². The van der Waals surface area contributed by atoms with Gasteiger partial charge in [-0.05, 0) is 49.4 Å². The van der Waals surface area contributed by atoms with E-state index in [4.69, 9.17) is 5.26 Å². The van der Waals surface area contributed by atoms with Gasteiger partial charge in [-0.1, -0.05) is 20.3 Å². The fourth-order valence-electron chi connectivity index (χ4n) is 3.75. The van der Waals surface area contributed by atoms with Crippen LogP contribution in [-0.4, -0.2) is 5.78 Å². The Morgan fingerprint density at radius 2 is 2.12 bits per heavy atom. The highest BCUT2D eigenvalue weighted by atomic mass is 16.1. The van der Waals surface area contributed by atoms with E-state index in [-0.39, 0.29) is 11.7 Å². The molecule has 0 amide bonds. The van der Waals surface area contributed by atoms with Gasteiger partial charge in [0.25, 0.3) is 0 Å².